The molecule has 2 bridgehead atoms. The average molecular weight is 316 g/mol. The van der Waals surface area contributed by atoms with Gasteiger partial charge in [-0.25, -0.2) is 4.98 Å². The predicted molar refractivity (Wildman–Crippen MR) is 92.1 cm³/mol. The van der Waals surface area contributed by atoms with E-state index in [9.17, 15) is 5.11 Å². The van der Waals surface area contributed by atoms with Crippen molar-refractivity contribution in [2.45, 2.75) is 63.5 Å². The first-order valence-corrected chi connectivity index (χ1v) is 9.13. The van der Waals surface area contributed by atoms with E-state index in [1.807, 2.05) is 19.0 Å². The van der Waals surface area contributed by atoms with Gasteiger partial charge >= 0.3 is 0 Å². The van der Waals surface area contributed by atoms with Gasteiger partial charge in [-0.3, -0.25) is 0 Å². The second-order valence-corrected chi connectivity index (χ2v) is 7.69. The van der Waals surface area contributed by atoms with Gasteiger partial charge in [0, 0.05) is 38.3 Å². The number of anilines is 2. The SMILES string of the molecule is CN(C)c1nc2c(c(N3[C@@H]4CC[C@H]3CC(CO)C4)n1)CCCC2. The summed E-state index contributed by atoms with van der Waals surface area (Å²) in [7, 11) is 4.06. The number of aryl methyl sites for hydroxylation is 1. The fraction of sp³-hybridized carbons (Fsp3) is 0.778. The first-order chi connectivity index (χ1) is 11.2. The van der Waals surface area contributed by atoms with Gasteiger partial charge in [0.25, 0.3) is 0 Å². The maximum Gasteiger partial charge on any atom is 0.227 e. The van der Waals surface area contributed by atoms with Gasteiger partial charge in [-0.15, -0.1) is 0 Å². The van der Waals surface area contributed by atoms with Crippen LogP contribution < -0.4 is 9.80 Å². The fourth-order valence-electron chi connectivity index (χ4n) is 4.76. The largest absolute Gasteiger partial charge is 0.396 e. The highest BCUT2D eigenvalue weighted by Crippen LogP contribution is 2.43. The Labute approximate surface area is 138 Å². The highest BCUT2D eigenvalue weighted by atomic mass is 16.3. The Hall–Kier alpha value is -1.36. The van der Waals surface area contributed by atoms with Crippen LogP contribution in [0.25, 0.3) is 0 Å². The number of hydrogen-bond acceptors (Lipinski definition) is 5. The van der Waals surface area contributed by atoms with Crippen LogP contribution in [-0.2, 0) is 12.8 Å². The highest BCUT2D eigenvalue weighted by molar-refractivity contribution is 5.56. The number of fused-ring (bicyclic) bond motifs is 3. The standard InChI is InChI=1S/C18H28N4O/c1-21(2)18-19-16-6-4-3-5-15(16)17(20-18)22-13-7-8-14(22)10-12(9-13)11-23/h12-14,23H,3-11H2,1-2H3/t12?,13-,14+. The molecule has 3 atom stereocenters. The quantitative estimate of drug-likeness (QED) is 0.926. The smallest absolute Gasteiger partial charge is 0.227 e. The summed E-state index contributed by atoms with van der Waals surface area (Å²) < 4.78 is 0. The van der Waals surface area contributed by atoms with Crippen molar-refractivity contribution in [2.75, 3.05) is 30.5 Å². The first-order valence-electron chi connectivity index (χ1n) is 9.13. The second-order valence-electron chi connectivity index (χ2n) is 7.69. The Morgan fingerprint density at radius 1 is 1.09 bits per heavy atom. The zero-order chi connectivity index (χ0) is 16.0. The van der Waals surface area contributed by atoms with Gasteiger partial charge in [-0.2, -0.15) is 4.98 Å². The molecule has 1 aromatic rings. The van der Waals surface area contributed by atoms with Gasteiger partial charge in [0.2, 0.25) is 5.95 Å². The third-order valence-electron chi connectivity index (χ3n) is 5.88. The maximum atomic E-state index is 9.57. The summed E-state index contributed by atoms with van der Waals surface area (Å²) in [5.41, 5.74) is 2.68. The monoisotopic (exact) mass is 316 g/mol. The molecule has 126 valence electrons. The van der Waals surface area contributed by atoms with E-state index >= 15 is 0 Å². The molecule has 5 nitrogen and oxygen atoms in total. The summed E-state index contributed by atoms with van der Waals surface area (Å²) in [4.78, 5) is 14.4. The van der Waals surface area contributed by atoms with E-state index in [-0.39, 0.29) is 0 Å². The van der Waals surface area contributed by atoms with Crippen LogP contribution in [0.3, 0.4) is 0 Å². The van der Waals surface area contributed by atoms with E-state index in [2.05, 4.69) is 4.90 Å². The molecule has 3 heterocycles. The van der Waals surface area contributed by atoms with Crippen LogP contribution in [0.1, 0.15) is 49.8 Å². The minimum atomic E-state index is 0.339. The van der Waals surface area contributed by atoms with Crippen molar-refractivity contribution in [3.8, 4) is 0 Å². The second kappa shape index (κ2) is 5.93. The topological polar surface area (TPSA) is 52.5 Å². The molecular formula is C18H28N4O. The Morgan fingerprint density at radius 3 is 2.43 bits per heavy atom. The minimum absolute atomic E-state index is 0.339. The van der Waals surface area contributed by atoms with Crippen LogP contribution in [0.5, 0.6) is 0 Å². The van der Waals surface area contributed by atoms with Gasteiger partial charge in [0.1, 0.15) is 5.82 Å². The predicted octanol–water partition coefficient (Wildman–Crippen LogP) is 2.16. The number of aliphatic hydroxyl groups is 1. The van der Waals surface area contributed by atoms with Crippen molar-refractivity contribution in [1.82, 2.24) is 9.97 Å². The minimum Gasteiger partial charge on any atom is -0.396 e. The van der Waals surface area contributed by atoms with Crippen LogP contribution in [0.15, 0.2) is 0 Å². The van der Waals surface area contributed by atoms with Gasteiger partial charge in [0.05, 0.1) is 5.69 Å². The van der Waals surface area contributed by atoms with Crippen LogP contribution in [-0.4, -0.2) is 47.9 Å². The summed E-state index contributed by atoms with van der Waals surface area (Å²) in [5, 5.41) is 9.57. The summed E-state index contributed by atoms with van der Waals surface area (Å²) in [6.45, 7) is 0.339. The zero-order valence-corrected chi connectivity index (χ0v) is 14.3. The van der Waals surface area contributed by atoms with E-state index in [0.29, 0.717) is 24.6 Å². The van der Waals surface area contributed by atoms with E-state index in [0.717, 1.165) is 31.6 Å². The molecule has 0 aromatic carbocycles. The number of piperidine rings is 1. The number of aromatic nitrogens is 2. The molecule has 1 unspecified atom stereocenters. The summed E-state index contributed by atoms with van der Waals surface area (Å²) in [6.07, 6.45) is 9.44. The van der Waals surface area contributed by atoms with Gasteiger partial charge in [-0.1, -0.05) is 0 Å². The lowest BCUT2D eigenvalue weighted by Crippen LogP contribution is -2.45. The van der Waals surface area contributed by atoms with Crippen molar-refractivity contribution in [2.24, 2.45) is 5.92 Å². The molecule has 3 aliphatic rings. The van der Waals surface area contributed by atoms with Crippen LogP contribution in [0, 0.1) is 5.92 Å². The molecule has 0 saturated carbocycles. The molecule has 1 aromatic heterocycles. The van der Waals surface area contributed by atoms with Crippen molar-refractivity contribution in [1.29, 1.82) is 0 Å². The maximum absolute atomic E-state index is 9.57. The van der Waals surface area contributed by atoms with Crippen molar-refractivity contribution in [3.05, 3.63) is 11.3 Å². The molecule has 1 N–H and O–H groups in total. The van der Waals surface area contributed by atoms with Crippen molar-refractivity contribution < 1.29 is 5.11 Å². The number of aliphatic hydroxyl groups excluding tert-OH is 1. The van der Waals surface area contributed by atoms with Crippen molar-refractivity contribution in [3.63, 3.8) is 0 Å². The third-order valence-corrected chi connectivity index (χ3v) is 5.88. The number of hydrogen-bond donors (Lipinski definition) is 1. The molecule has 1 aliphatic carbocycles. The number of nitrogens with zero attached hydrogens (tertiary/aromatic N) is 4. The Morgan fingerprint density at radius 2 is 1.78 bits per heavy atom. The third kappa shape index (κ3) is 2.59. The molecule has 23 heavy (non-hydrogen) atoms. The Bertz CT molecular complexity index is 575. The van der Waals surface area contributed by atoms with Crippen molar-refractivity contribution >= 4 is 11.8 Å². The molecular weight excluding hydrogens is 288 g/mol. The summed E-state index contributed by atoms with van der Waals surface area (Å²) in [6, 6.07) is 1.11. The van der Waals surface area contributed by atoms with E-state index in [1.54, 1.807) is 0 Å². The highest BCUT2D eigenvalue weighted by Gasteiger charge is 2.42. The lowest BCUT2D eigenvalue weighted by Gasteiger charge is -2.41. The summed E-state index contributed by atoms with van der Waals surface area (Å²) >= 11 is 0. The molecule has 2 fully saturated rings. The van der Waals surface area contributed by atoms with Crippen LogP contribution >= 0.6 is 0 Å². The molecule has 0 spiro atoms. The normalized spacial score (nSPS) is 29.5. The first kappa shape index (κ1) is 15.2. The van der Waals surface area contributed by atoms with Crippen LogP contribution in [0.2, 0.25) is 0 Å². The Kier molecular flexibility index (Phi) is 3.92. The van der Waals surface area contributed by atoms with Gasteiger partial charge < -0.3 is 14.9 Å². The van der Waals surface area contributed by atoms with Gasteiger partial charge in [-0.05, 0) is 57.3 Å². The Balaban J connectivity index is 1.75. The lowest BCUT2D eigenvalue weighted by molar-refractivity contribution is 0.185. The van der Waals surface area contributed by atoms with Crippen LogP contribution in [0.4, 0.5) is 11.8 Å². The lowest BCUT2D eigenvalue weighted by atomic mass is 9.90. The fourth-order valence-corrected chi connectivity index (χ4v) is 4.76. The van der Waals surface area contributed by atoms with E-state index in [1.165, 1.54) is 42.8 Å². The molecule has 0 amide bonds. The summed E-state index contributed by atoms with van der Waals surface area (Å²) in [5.74, 6) is 2.54. The molecule has 0 radical (unpaired) electrons. The van der Waals surface area contributed by atoms with E-state index in [4.69, 9.17) is 9.97 Å². The molecule has 4 rings (SSSR count). The zero-order valence-electron chi connectivity index (χ0n) is 14.3. The average Bonchev–Trinajstić information content (AvgIpc) is 2.83. The van der Waals surface area contributed by atoms with Gasteiger partial charge in [0.15, 0.2) is 0 Å². The molecule has 5 heteroatoms. The molecule has 2 saturated heterocycles. The van der Waals surface area contributed by atoms with E-state index < -0.39 is 0 Å². The number of rotatable bonds is 3. The molecule has 2 aliphatic heterocycles.